The molecule has 0 saturated heterocycles. The maximum absolute atomic E-state index is 6.23. The lowest BCUT2D eigenvalue weighted by atomic mass is 10.0. The number of nitrogen functional groups attached to an aromatic ring is 2. The fourth-order valence-electron chi connectivity index (χ4n) is 3.44. The molecule has 1 heterocycles. The van der Waals surface area contributed by atoms with Crippen LogP contribution >= 0.6 is 34.8 Å². The summed E-state index contributed by atoms with van der Waals surface area (Å²) in [7, 11) is 0. The first-order valence-corrected chi connectivity index (χ1v) is 11.5. The first kappa shape index (κ1) is 24.1. The topological polar surface area (TPSA) is 99.1 Å². The lowest BCUT2D eigenvalue weighted by molar-refractivity contribution is 0.105. The van der Waals surface area contributed by atoms with Crippen LogP contribution in [0.1, 0.15) is 16.8 Å². The van der Waals surface area contributed by atoms with Gasteiger partial charge in [0.05, 0.1) is 18.9 Å². The summed E-state index contributed by atoms with van der Waals surface area (Å²) in [4.78, 5) is 8.50. The Balaban J connectivity index is 1.48. The number of halogens is 3. The highest BCUT2D eigenvalue weighted by Gasteiger charge is 2.14. The number of nitrogens with two attached hydrogens (primary N) is 2. The lowest BCUT2D eigenvalue weighted by Crippen LogP contribution is -2.08. The Morgan fingerprint density at radius 2 is 1.50 bits per heavy atom. The highest BCUT2D eigenvalue weighted by molar-refractivity contribution is 6.33. The SMILES string of the molecule is Nc1nc(N)c(-c2ccc(NCc3ccc(Cl)cc3)cc2)c(COCc2cc(Cl)ccc2Cl)n1. The molecule has 0 atom stereocenters. The van der Waals surface area contributed by atoms with E-state index in [9.17, 15) is 0 Å². The number of nitrogens with zero attached hydrogens (tertiary/aromatic N) is 2. The highest BCUT2D eigenvalue weighted by atomic mass is 35.5. The van der Waals surface area contributed by atoms with Gasteiger partial charge in [-0.25, -0.2) is 4.98 Å². The molecule has 4 rings (SSSR count). The number of nitrogens with one attached hydrogen (secondary N) is 1. The van der Waals surface area contributed by atoms with Crippen molar-refractivity contribution >= 4 is 52.3 Å². The van der Waals surface area contributed by atoms with E-state index >= 15 is 0 Å². The van der Waals surface area contributed by atoms with Crippen LogP contribution in [0, 0.1) is 0 Å². The van der Waals surface area contributed by atoms with E-state index in [0.717, 1.165) is 22.4 Å². The van der Waals surface area contributed by atoms with Crippen molar-refractivity contribution in [3.05, 3.63) is 98.6 Å². The number of benzene rings is 3. The molecule has 4 aromatic rings. The molecule has 0 spiro atoms. The van der Waals surface area contributed by atoms with Crippen LogP contribution in [0.4, 0.5) is 17.5 Å². The van der Waals surface area contributed by atoms with Gasteiger partial charge in [0.15, 0.2) is 0 Å². The van der Waals surface area contributed by atoms with Crippen LogP contribution in [0.2, 0.25) is 15.1 Å². The summed E-state index contributed by atoms with van der Waals surface area (Å²) in [6.45, 7) is 1.11. The molecule has 34 heavy (non-hydrogen) atoms. The zero-order chi connectivity index (χ0) is 24.1. The number of hydrogen-bond acceptors (Lipinski definition) is 6. The van der Waals surface area contributed by atoms with Crippen LogP contribution in [0.25, 0.3) is 11.1 Å². The van der Waals surface area contributed by atoms with Crippen molar-refractivity contribution in [2.75, 3.05) is 16.8 Å². The van der Waals surface area contributed by atoms with E-state index in [4.69, 9.17) is 51.0 Å². The van der Waals surface area contributed by atoms with Gasteiger partial charge in [-0.2, -0.15) is 4.98 Å². The van der Waals surface area contributed by atoms with Gasteiger partial charge in [-0.3, -0.25) is 0 Å². The van der Waals surface area contributed by atoms with E-state index in [-0.39, 0.29) is 25.0 Å². The van der Waals surface area contributed by atoms with E-state index in [1.165, 1.54) is 0 Å². The van der Waals surface area contributed by atoms with Crippen LogP contribution in [0.15, 0.2) is 66.7 Å². The molecule has 0 fully saturated rings. The Morgan fingerprint density at radius 3 is 2.24 bits per heavy atom. The van der Waals surface area contributed by atoms with E-state index in [1.807, 2.05) is 48.5 Å². The van der Waals surface area contributed by atoms with Crippen molar-refractivity contribution in [2.45, 2.75) is 19.8 Å². The summed E-state index contributed by atoms with van der Waals surface area (Å²) in [5.41, 5.74) is 17.0. The molecule has 0 aliphatic rings. The number of hydrogen-bond donors (Lipinski definition) is 3. The predicted molar refractivity (Wildman–Crippen MR) is 140 cm³/mol. The van der Waals surface area contributed by atoms with E-state index in [0.29, 0.717) is 32.9 Å². The van der Waals surface area contributed by atoms with Crippen LogP contribution in [-0.2, 0) is 24.5 Å². The Kier molecular flexibility index (Phi) is 7.75. The number of ether oxygens (including phenoxy) is 1. The molecule has 9 heteroatoms. The third kappa shape index (κ3) is 6.10. The molecule has 5 N–H and O–H groups in total. The Labute approximate surface area is 212 Å². The number of anilines is 3. The Bertz CT molecular complexity index is 1280. The molecule has 0 bridgehead atoms. The normalized spacial score (nSPS) is 10.9. The number of rotatable bonds is 8. The molecular formula is C25H22Cl3N5O. The quantitative estimate of drug-likeness (QED) is 0.245. The molecule has 0 unspecified atom stereocenters. The minimum atomic E-state index is 0.0851. The molecule has 174 valence electrons. The zero-order valence-corrected chi connectivity index (χ0v) is 20.3. The molecule has 0 saturated carbocycles. The monoisotopic (exact) mass is 513 g/mol. The zero-order valence-electron chi connectivity index (χ0n) is 18.1. The van der Waals surface area contributed by atoms with Crippen molar-refractivity contribution in [2.24, 2.45) is 0 Å². The van der Waals surface area contributed by atoms with Gasteiger partial charge in [0.1, 0.15) is 5.82 Å². The molecule has 0 aliphatic carbocycles. The van der Waals surface area contributed by atoms with Crippen LogP contribution < -0.4 is 16.8 Å². The van der Waals surface area contributed by atoms with Crippen LogP contribution in [-0.4, -0.2) is 9.97 Å². The van der Waals surface area contributed by atoms with Gasteiger partial charge in [0.25, 0.3) is 0 Å². The van der Waals surface area contributed by atoms with E-state index in [2.05, 4.69) is 15.3 Å². The smallest absolute Gasteiger partial charge is 0.222 e. The van der Waals surface area contributed by atoms with Crippen molar-refractivity contribution in [3.63, 3.8) is 0 Å². The van der Waals surface area contributed by atoms with Gasteiger partial charge < -0.3 is 21.5 Å². The van der Waals surface area contributed by atoms with Gasteiger partial charge in [-0.05, 0) is 59.2 Å². The van der Waals surface area contributed by atoms with Crippen LogP contribution in [0.3, 0.4) is 0 Å². The summed E-state index contributed by atoms with van der Waals surface area (Å²) in [6, 6.07) is 20.8. The summed E-state index contributed by atoms with van der Waals surface area (Å²) in [6.07, 6.45) is 0. The third-order valence-electron chi connectivity index (χ3n) is 5.12. The van der Waals surface area contributed by atoms with Crippen molar-refractivity contribution in [3.8, 4) is 11.1 Å². The van der Waals surface area contributed by atoms with Gasteiger partial charge in [-0.1, -0.05) is 59.1 Å². The maximum Gasteiger partial charge on any atom is 0.222 e. The van der Waals surface area contributed by atoms with Crippen LogP contribution in [0.5, 0.6) is 0 Å². The van der Waals surface area contributed by atoms with E-state index in [1.54, 1.807) is 18.2 Å². The summed E-state index contributed by atoms with van der Waals surface area (Å²) >= 11 is 18.2. The second-order valence-corrected chi connectivity index (χ2v) is 8.85. The fourth-order valence-corrected chi connectivity index (χ4v) is 3.93. The van der Waals surface area contributed by atoms with E-state index < -0.39 is 0 Å². The molecule has 0 radical (unpaired) electrons. The van der Waals surface area contributed by atoms with Crippen molar-refractivity contribution < 1.29 is 4.74 Å². The highest BCUT2D eigenvalue weighted by Crippen LogP contribution is 2.30. The molecular weight excluding hydrogens is 493 g/mol. The minimum absolute atomic E-state index is 0.0851. The third-order valence-corrected chi connectivity index (χ3v) is 5.97. The first-order chi connectivity index (χ1) is 16.4. The largest absolute Gasteiger partial charge is 0.383 e. The molecule has 1 aromatic heterocycles. The minimum Gasteiger partial charge on any atom is -0.383 e. The summed E-state index contributed by atoms with van der Waals surface area (Å²) in [5, 5.41) is 5.26. The number of aromatic nitrogens is 2. The standard InChI is InChI=1S/C25H22Cl3N5O/c26-18-5-1-15(2-6-18)12-31-20-8-3-16(4-9-20)23-22(32-25(30)33-24(23)29)14-34-13-17-11-19(27)7-10-21(17)28/h1-11,31H,12-14H2,(H4,29,30,32,33). The molecule has 0 aliphatic heterocycles. The van der Waals surface area contributed by atoms with Crippen molar-refractivity contribution in [1.82, 2.24) is 9.97 Å². The van der Waals surface area contributed by atoms with Gasteiger partial charge in [-0.15, -0.1) is 0 Å². The van der Waals surface area contributed by atoms with Gasteiger partial charge in [0.2, 0.25) is 5.95 Å². The molecule has 3 aromatic carbocycles. The lowest BCUT2D eigenvalue weighted by Gasteiger charge is -2.14. The maximum atomic E-state index is 6.23. The molecule has 6 nitrogen and oxygen atoms in total. The summed E-state index contributed by atoms with van der Waals surface area (Å²) < 4.78 is 5.87. The summed E-state index contributed by atoms with van der Waals surface area (Å²) in [5.74, 6) is 0.371. The second-order valence-electron chi connectivity index (χ2n) is 7.57. The average Bonchev–Trinajstić information content (AvgIpc) is 2.81. The van der Waals surface area contributed by atoms with Gasteiger partial charge >= 0.3 is 0 Å². The predicted octanol–water partition coefficient (Wildman–Crippen LogP) is 6.60. The first-order valence-electron chi connectivity index (χ1n) is 10.4. The van der Waals surface area contributed by atoms with Gasteiger partial charge in [0, 0.05) is 32.9 Å². The Hall–Kier alpha value is -3.03. The fraction of sp³-hybridized carbons (Fsp3) is 0.120. The molecule has 0 amide bonds. The second kappa shape index (κ2) is 10.9. The Morgan fingerprint density at radius 1 is 0.794 bits per heavy atom. The van der Waals surface area contributed by atoms with Crippen molar-refractivity contribution in [1.29, 1.82) is 0 Å². The average molecular weight is 515 g/mol.